The molecular weight excluding hydrogens is 198 g/mol. The molecule has 1 aromatic heterocycles. The molecule has 1 aliphatic heterocycles. The predicted octanol–water partition coefficient (Wildman–Crippen LogP) is -0.380. The third-order valence-electron chi connectivity index (χ3n) is 2.37. The maximum Gasteiger partial charge on any atom is 0.320 e. The largest absolute Gasteiger partial charge is 0.480 e. The van der Waals surface area contributed by atoms with Crippen LogP contribution in [0.5, 0.6) is 5.88 Å². The van der Waals surface area contributed by atoms with Gasteiger partial charge in [0.2, 0.25) is 5.88 Å². The first-order valence-corrected chi connectivity index (χ1v) is 4.84. The van der Waals surface area contributed by atoms with Crippen molar-refractivity contribution in [3.05, 3.63) is 11.8 Å². The van der Waals surface area contributed by atoms with Crippen molar-refractivity contribution in [3.63, 3.8) is 0 Å². The fourth-order valence-corrected chi connectivity index (χ4v) is 1.59. The molecule has 15 heavy (non-hydrogen) atoms. The number of carboxylic acids is 1. The van der Waals surface area contributed by atoms with Gasteiger partial charge >= 0.3 is 5.97 Å². The lowest BCUT2D eigenvalue weighted by Crippen LogP contribution is -2.32. The van der Waals surface area contributed by atoms with E-state index < -0.39 is 12.0 Å². The Balaban J connectivity index is 2.15. The number of carbonyl (C=O) groups is 1. The number of carboxylic acid groups (broad SMARTS) is 1. The van der Waals surface area contributed by atoms with Crippen LogP contribution >= 0.6 is 0 Å². The highest BCUT2D eigenvalue weighted by atomic mass is 16.5. The normalized spacial score (nSPS) is 16.6. The van der Waals surface area contributed by atoms with Crippen molar-refractivity contribution < 1.29 is 14.6 Å². The van der Waals surface area contributed by atoms with Crippen molar-refractivity contribution in [3.8, 4) is 5.88 Å². The van der Waals surface area contributed by atoms with Crippen molar-refractivity contribution in [2.45, 2.75) is 25.4 Å². The van der Waals surface area contributed by atoms with Crippen LogP contribution in [0.2, 0.25) is 0 Å². The average Bonchev–Trinajstić information content (AvgIpc) is 2.62. The average molecular weight is 211 g/mol. The van der Waals surface area contributed by atoms with Crippen LogP contribution in [-0.2, 0) is 17.8 Å². The first-order chi connectivity index (χ1) is 7.18. The second-order valence-corrected chi connectivity index (χ2v) is 3.55. The molecule has 1 atom stereocenters. The number of aromatic nitrogens is 2. The number of nitrogens with zero attached hydrogens (tertiary/aromatic N) is 2. The summed E-state index contributed by atoms with van der Waals surface area (Å²) < 4.78 is 7.17. The Morgan fingerprint density at radius 3 is 3.33 bits per heavy atom. The SMILES string of the molecule is N[C@@H](Cc1cnn2c1OCCC2)C(=O)O. The molecule has 0 bridgehead atoms. The molecule has 6 heteroatoms. The smallest absolute Gasteiger partial charge is 0.320 e. The lowest BCUT2D eigenvalue weighted by atomic mass is 10.1. The van der Waals surface area contributed by atoms with Crippen LogP contribution < -0.4 is 10.5 Å². The summed E-state index contributed by atoms with van der Waals surface area (Å²) in [6, 6.07) is -0.899. The van der Waals surface area contributed by atoms with E-state index in [9.17, 15) is 4.79 Å². The van der Waals surface area contributed by atoms with Crippen molar-refractivity contribution >= 4 is 5.97 Å². The molecule has 0 aliphatic carbocycles. The van der Waals surface area contributed by atoms with Crippen molar-refractivity contribution in [2.24, 2.45) is 5.73 Å². The number of aliphatic carboxylic acids is 1. The maximum atomic E-state index is 10.6. The maximum absolute atomic E-state index is 10.6. The van der Waals surface area contributed by atoms with Gasteiger partial charge in [0.05, 0.1) is 12.8 Å². The lowest BCUT2D eigenvalue weighted by molar-refractivity contribution is -0.138. The van der Waals surface area contributed by atoms with E-state index in [1.165, 1.54) is 0 Å². The van der Waals surface area contributed by atoms with E-state index in [0.29, 0.717) is 12.5 Å². The van der Waals surface area contributed by atoms with Crippen molar-refractivity contribution in [1.29, 1.82) is 0 Å². The van der Waals surface area contributed by atoms with Crippen LogP contribution in [0.3, 0.4) is 0 Å². The van der Waals surface area contributed by atoms with Gasteiger partial charge in [0.1, 0.15) is 6.04 Å². The lowest BCUT2D eigenvalue weighted by Gasteiger charge is -2.16. The van der Waals surface area contributed by atoms with E-state index in [1.54, 1.807) is 10.9 Å². The molecule has 2 rings (SSSR count). The Labute approximate surface area is 86.6 Å². The van der Waals surface area contributed by atoms with Gasteiger partial charge in [-0.05, 0) is 0 Å². The first-order valence-electron chi connectivity index (χ1n) is 4.84. The fourth-order valence-electron chi connectivity index (χ4n) is 1.59. The highest BCUT2D eigenvalue weighted by Crippen LogP contribution is 2.23. The Bertz CT molecular complexity index is 375. The van der Waals surface area contributed by atoms with Gasteiger partial charge < -0.3 is 15.6 Å². The monoisotopic (exact) mass is 211 g/mol. The number of rotatable bonds is 3. The molecule has 3 N–H and O–H groups in total. The molecule has 0 amide bonds. The van der Waals surface area contributed by atoms with Gasteiger partial charge in [0.25, 0.3) is 0 Å². The van der Waals surface area contributed by atoms with Gasteiger partial charge in [-0.25, -0.2) is 4.68 Å². The van der Waals surface area contributed by atoms with E-state index >= 15 is 0 Å². The molecule has 0 aromatic carbocycles. The standard InChI is InChI=1S/C9H13N3O3/c10-7(9(13)14)4-6-5-11-12-2-1-3-15-8(6)12/h5,7H,1-4,10H2,(H,13,14)/t7-/m0/s1. The van der Waals surface area contributed by atoms with Gasteiger partial charge in [-0.3, -0.25) is 4.79 Å². The number of hydrogen-bond acceptors (Lipinski definition) is 4. The first kappa shape index (κ1) is 9.97. The third-order valence-corrected chi connectivity index (χ3v) is 2.37. The zero-order valence-corrected chi connectivity index (χ0v) is 8.22. The zero-order chi connectivity index (χ0) is 10.8. The summed E-state index contributed by atoms with van der Waals surface area (Å²) in [5.74, 6) is -0.344. The van der Waals surface area contributed by atoms with Gasteiger partial charge in [-0.2, -0.15) is 5.10 Å². The minimum atomic E-state index is -1.01. The summed E-state index contributed by atoms with van der Waals surface area (Å²) in [5.41, 5.74) is 6.22. The molecule has 0 fully saturated rings. The number of aryl methyl sites for hydroxylation is 1. The fraction of sp³-hybridized carbons (Fsp3) is 0.556. The molecule has 2 heterocycles. The number of hydrogen-bond donors (Lipinski definition) is 2. The molecule has 0 radical (unpaired) electrons. The molecular formula is C9H13N3O3. The molecule has 82 valence electrons. The van der Waals surface area contributed by atoms with Crippen LogP contribution in [0, 0.1) is 0 Å². The van der Waals surface area contributed by atoms with Crippen LogP contribution in [0.1, 0.15) is 12.0 Å². The van der Waals surface area contributed by atoms with E-state index in [4.69, 9.17) is 15.6 Å². The van der Waals surface area contributed by atoms with Crippen LogP contribution in [0.25, 0.3) is 0 Å². The summed E-state index contributed by atoms with van der Waals surface area (Å²) in [7, 11) is 0. The Morgan fingerprint density at radius 2 is 2.60 bits per heavy atom. The quantitative estimate of drug-likeness (QED) is 0.711. The molecule has 0 unspecified atom stereocenters. The van der Waals surface area contributed by atoms with Crippen LogP contribution in [-0.4, -0.2) is 33.5 Å². The Morgan fingerprint density at radius 1 is 1.80 bits per heavy atom. The highest BCUT2D eigenvalue weighted by molar-refractivity contribution is 5.73. The molecule has 0 saturated carbocycles. The second kappa shape index (κ2) is 3.90. The molecule has 1 aromatic rings. The summed E-state index contributed by atoms with van der Waals surface area (Å²) in [6.07, 6.45) is 2.81. The van der Waals surface area contributed by atoms with E-state index in [1.807, 2.05) is 0 Å². The number of fused-ring (bicyclic) bond motifs is 1. The molecule has 1 aliphatic rings. The van der Waals surface area contributed by atoms with Gasteiger partial charge in [0, 0.05) is 24.9 Å². The van der Waals surface area contributed by atoms with E-state index in [2.05, 4.69) is 5.10 Å². The topological polar surface area (TPSA) is 90.4 Å². The summed E-state index contributed by atoms with van der Waals surface area (Å²) in [6.45, 7) is 1.47. The Kier molecular flexibility index (Phi) is 2.59. The zero-order valence-electron chi connectivity index (χ0n) is 8.22. The minimum absolute atomic E-state index is 0.255. The summed E-state index contributed by atoms with van der Waals surface area (Å²) >= 11 is 0. The number of nitrogens with two attached hydrogens (primary N) is 1. The molecule has 0 saturated heterocycles. The minimum Gasteiger partial charge on any atom is -0.480 e. The van der Waals surface area contributed by atoms with Gasteiger partial charge in [-0.1, -0.05) is 0 Å². The number of ether oxygens (including phenoxy) is 1. The highest BCUT2D eigenvalue weighted by Gasteiger charge is 2.20. The van der Waals surface area contributed by atoms with E-state index in [0.717, 1.165) is 18.5 Å². The Hall–Kier alpha value is -1.56. The van der Waals surface area contributed by atoms with Gasteiger partial charge in [0.15, 0.2) is 0 Å². The van der Waals surface area contributed by atoms with E-state index in [-0.39, 0.29) is 6.42 Å². The van der Waals surface area contributed by atoms with Crippen LogP contribution in [0.4, 0.5) is 0 Å². The third kappa shape index (κ3) is 1.94. The summed E-state index contributed by atoms with van der Waals surface area (Å²) in [5, 5.41) is 12.8. The van der Waals surface area contributed by atoms with Crippen LogP contribution in [0.15, 0.2) is 6.20 Å². The summed E-state index contributed by atoms with van der Waals surface area (Å²) in [4.78, 5) is 10.6. The van der Waals surface area contributed by atoms with Crippen molar-refractivity contribution in [1.82, 2.24) is 9.78 Å². The molecule has 0 spiro atoms. The molecule has 6 nitrogen and oxygen atoms in total. The van der Waals surface area contributed by atoms with Gasteiger partial charge in [-0.15, -0.1) is 0 Å². The second-order valence-electron chi connectivity index (χ2n) is 3.55. The predicted molar refractivity (Wildman–Crippen MR) is 51.7 cm³/mol. The van der Waals surface area contributed by atoms with Crippen molar-refractivity contribution in [2.75, 3.05) is 6.61 Å².